The van der Waals surface area contributed by atoms with E-state index in [9.17, 15) is 13.2 Å². The first-order valence-corrected chi connectivity index (χ1v) is 4.05. The Labute approximate surface area is 83.3 Å². The lowest BCUT2D eigenvalue weighted by atomic mass is 10.1. The highest BCUT2D eigenvalue weighted by Gasteiger charge is 2.32. The van der Waals surface area contributed by atoms with E-state index < -0.39 is 11.7 Å². The molecule has 0 saturated heterocycles. The third-order valence-corrected chi connectivity index (χ3v) is 1.93. The Kier molecular flexibility index (Phi) is 3.36. The zero-order valence-electron chi connectivity index (χ0n) is 6.90. The Balaban J connectivity index is 3.02. The van der Waals surface area contributed by atoms with E-state index in [-0.39, 0.29) is 11.6 Å². The number of hydroxylamine groups is 1. The second-order valence-corrected chi connectivity index (χ2v) is 3.05. The number of halogens is 4. The van der Waals surface area contributed by atoms with Crippen molar-refractivity contribution in [1.29, 1.82) is 0 Å². The van der Waals surface area contributed by atoms with Crippen LogP contribution in [-0.4, -0.2) is 5.21 Å². The molecule has 1 aromatic rings. The summed E-state index contributed by atoms with van der Waals surface area (Å²) in [5, 5.41) is 7.95. The molecule has 78 valence electrons. The molecule has 0 radical (unpaired) electrons. The summed E-state index contributed by atoms with van der Waals surface area (Å²) in [5.74, 6) is 0. The maximum atomic E-state index is 12.2. The number of hydrogen-bond acceptors (Lipinski definition) is 2. The molecule has 0 aliphatic heterocycles. The van der Waals surface area contributed by atoms with Gasteiger partial charge < -0.3 is 5.21 Å². The summed E-state index contributed by atoms with van der Waals surface area (Å²) in [7, 11) is 0. The van der Waals surface area contributed by atoms with Gasteiger partial charge in [0.1, 0.15) is 0 Å². The van der Waals surface area contributed by atoms with Crippen LogP contribution in [0.5, 0.6) is 0 Å². The first-order chi connectivity index (χ1) is 6.45. The molecule has 0 saturated carbocycles. The molecule has 2 N–H and O–H groups in total. The Morgan fingerprint density at radius 2 is 2.00 bits per heavy atom. The van der Waals surface area contributed by atoms with E-state index in [0.717, 1.165) is 12.1 Å². The molecule has 1 rings (SSSR count). The van der Waals surface area contributed by atoms with Crippen LogP contribution in [0.1, 0.15) is 11.1 Å². The molecule has 0 aliphatic carbocycles. The molecule has 0 heterocycles. The molecule has 2 nitrogen and oxygen atoms in total. The minimum atomic E-state index is -4.44. The fraction of sp³-hybridized carbons (Fsp3) is 0.250. The van der Waals surface area contributed by atoms with Crippen molar-refractivity contribution < 1.29 is 18.4 Å². The van der Waals surface area contributed by atoms with Gasteiger partial charge in [0.15, 0.2) is 0 Å². The zero-order chi connectivity index (χ0) is 10.8. The van der Waals surface area contributed by atoms with Crippen LogP contribution in [0, 0.1) is 0 Å². The molecule has 0 aliphatic rings. The molecule has 0 spiro atoms. The summed E-state index contributed by atoms with van der Waals surface area (Å²) in [4.78, 5) is 0. The van der Waals surface area contributed by atoms with Crippen molar-refractivity contribution in [2.24, 2.45) is 0 Å². The summed E-state index contributed by atoms with van der Waals surface area (Å²) in [5.41, 5.74) is 1.43. The third-order valence-electron chi connectivity index (χ3n) is 1.62. The van der Waals surface area contributed by atoms with Gasteiger partial charge in [0.2, 0.25) is 0 Å². The maximum absolute atomic E-state index is 12.2. The lowest BCUT2D eigenvalue weighted by Gasteiger charge is -2.09. The van der Waals surface area contributed by atoms with Crippen LogP contribution in [0.4, 0.5) is 13.2 Å². The predicted molar refractivity (Wildman–Crippen MR) is 45.1 cm³/mol. The first kappa shape index (κ1) is 11.3. The van der Waals surface area contributed by atoms with E-state index >= 15 is 0 Å². The Morgan fingerprint density at radius 3 is 2.43 bits per heavy atom. The molecule has 0 fully saturated rings. The van der Waals surface area contributed by atoms with Gasteiger partial charge in [-0.1, -0.05) is 17.7 Å². The van der Waals surface area contributed by atoms with Crippen LogP contribution < -0.4 is 5.48 Å². The molecular formula is C8H7ClF3NO. The van der Waals surface area contributed by atoms with E-state index in [1.807, 2.05) is 5.48 Å². The van der Waals surface area contributed by atoms with E-state index in [2.05, 4.69) is 0 Å². The van der Waals surface area contributed by atoms with Gasteiger partial charge in [-0.15, -0.1) is 0 Å². The Hall–Kier alpha value is -0.780. The Bertz CT molecular complexity index is 327. The molecular weight excluding hydrogens is 219 g/mol. The molecule has 0 amide bonds. The van der Waals surface area contributed by atoms with Crippen molar-refractivity contribution in [3.05, 3.63) is 34.3 Å². The van der Waals surface area contributed by atoms with Gasteiger partial charge in [0.05, 0.1) is 10.6 Å². The average molecular weight is 226 g/mol. The van der Waals surface area contributed by atoms with Crippen molar-refractivity contribution in [1.82, 2.24) is 5.48 Å². The summed E-state index contributed by atoms with van der Waals surface area (Å²) in [6.07, 6.45) is -4.44. The fourth-order valence-electron chi connectivity index (χ4n) is 0.990. The standard InChI is InChI=1S/C8H7ClF3NO/c9-7-3-5(4-13-14)1-2-6(7)8(10,11)12/h1-3,13-14H,4H2. The van der Waals surface area contributed by atoms with E-state index in [0.29, 0.717) is 5.56 Å². The van der Waals surface area contributed by atoms with Crippen LogP contribution >= 0.6 is 11.6 Å². The third kappa shape index (κ3) is 2.60. The zero-order valence-corrected chi connectivity index (χ0v) is 7.65. The number of nitrogens with one attached hydrogen (secondary N) is 1. The molecule has 0 bridgehead atoms. The smallest absolute Gasteiger partial charge is 0.316 e. The SMILES string of the molecule is ONCc1ccc(C(F)(F)F)c(Cl)c1. The molecule has 14 heavy (non-hydrogen) atoms. The lowest BCUT2D eigenvalue weighted by molar-refractivity contribution is -0.137. The Morgan fingerprint density at radius 1 is 1.36 bits per heavy atom. The van der Waals surface area contributed by atoms with E-state index in [1.165, 1.54) is 6.07 Å². The van der Waals surface area contributed by atoms with Crippen LogP contribution in [0.2, 0.25) is 5.02 Å². The van der Waals surface area contributed by atoms with Crippen LogP contribution in [0.25, 0.3) is 0 Å². The molecule has 6 heteroatoms. The van der Waals surface area contributed by atoms with Crippen molar-refractivity contribution in [3.8, 4) is 0 Å². The second-order valence-electron chi connectivity index (χ2n) is 2.65. The van der Waals surface area contributed by atoms with Gasteiger partial charge in [-0.05, 0) is 17.7 Å². The number of benzene rings is 1. The molecule has 0 aromatic heterocycles. The van der Waals surface area contributed by atoms with E-state index in [1.54, 1.807) is 0 Å². The summed E-state index contributed by atoms with van der Waals surface area (Å²) in [6, 6.07) is 3.29. The summed E-state index contributed by atoms with van der Waals surface area (Å²) < 4.78 is 36.7. The minimum absolute atomic E-state index is 0.0534. The van der Waals surface area contributed by atoms with Crippen molar-refractivity contribution in [2.45, 2.75) is 12.7 Å². The quantitative estimate of drug-likeness (QED) is 0.759. The summed E-state index contributed by atoms with van der Waals surface area (Å²) in [6.45, 7) is 0.0534. The lowest BCUT2D eigenvalue weighted by Crippen LogP contribution is -2.09. The topological polar surface area (TPSA) is 32.3 Å². The van der Waals surface area contributed by atoms with Crippen LogP contribution in [-0.2, 0) is 12.7 Å². The molecule has 1 aromatic carbocycles. The predicted octanol–water partition coefficient (Wildman–Crippen LogP) is 2.84. The minimum Gasteiger partial charge on any atom is -0.316 e. The average Bonchev–Trinajstić information content (AvgIpc) is 2.02. The molecule has 0 unspecified atom stereocenters. The number of alkyl halides is 3. The number of hydrogen-bond donors (Lipinski definition) is 2. The van der Waals surface area contributed by atoms with Gasteiger partial charge in [-0.25, -0.2) is 5.48 Å². The monoisotopic (exact) mass is 225 g/mol. The highest BCUT2D eigenvalue weighted by molar-refractivity contribution is 6.31. The van der Waals surface area contributed by atoms with Gasteiger partial charge >= 0.3 is 6.18 Å². The fourth-order valence-corrected chi connectivity index (χ4v) is 1.30. The normalized spacial score (nSPS) is 11.8. The van der Waals surface area contributed by atoms with Crippen molar-refractivity contribution in [3.63, 3.8) is 0 Å². The second kappa shape index (κ2) is 4.16. The largest absolute Gasteiger partial charge is 0.417 e. The van der Waals surface area contributed by atoms with Crippen LogP contribution in [0.15, 0.2) is 18.2 Å². The van der Waals surface area contributed by atoms with Gasteiger partial charge in [-0.2, -0.15) is 13.2 Å². The van der Waals surface area contributed by atoms with Crippen molar-refractivity contribution >= 4 is 11.6 Å². The van der Waals surface area contributed by atoms with Crippen molar-refractivity contribution in [2.75, 3.05) is 0 Å². The summed E-state index contributed by atoms with van der Waals surface area (Å²) >= 11 is 5.42. The van der Waals surface area contributed by atoms with Gasteiger partial charge in [0.25, 0.3) is 0 Å². The highest BCUT2D eigenvalue weighted by Crippen LogP contribution is 2.34. The first-order valence-electron chi connectivity index (χ1n) is 3.67. The number of rotatable bonds is 2. The van der Waals surface area contributed by atoms with E-state index in [4.69, 9.17) is 16.8 Å². The maximum Gasteiger partial charge on any atom is 0.417 e. The van der Waals surface area contributed by atoms with Gasteiger partial charge in [0, 0.05) is 6.54 Å². The van der Waals surface area contributed by atoms with Crippen LogP contribution in [0.3, 0.4) is 0 Å². The highest BCUT2D eigenvalue weighted by atomic mass is 35.5. The molecule has 0 atom stereocenters. The van der Waals surface area contributed by atoms with Gasteiger partial charge in [-0.3, -0.25) is 0 Å².